The van der Waals surface area contributed by atoms with Crippen molar-refractivity contribution in [3.63, 3.8) is 0 Å². The summed E-state index contributed by atoms with van der Waals surface area (Å²) in [5.41, 5.74) is 3.94. The minimum atomic E-state index is -0.0600. The molecule has 1 radical (unpaired) electrons. The van der Waals surface area contributed by atoms with Crippen LogP contribution in [0.2, 0.25) is 0 Å². The van der Waals surface area contributed by atoms with Gasteiger partial charge in [-0.05, 0) is 6.42 Å². The predicted octanol–water partition coefficient (Wildman–Crippen LogP) is 1.39. The third-order valence-electron chi connectivity index (χ3n) is 3.31. The largest absolute Gasteiger partial charge is 0.540 e. The van der Waals surface area contributed by atoms with Gasteiger partial charge in [0, 0.05) is 18.2 Å². The van der Waals surface area contributed by atoms with Crippen LogP contribution in [0.4, 0.5) is 0 Å². The highest BCUT2D eigenvalue weighted by Crippen LogP contribution is 2.27. The maximum absolute atomic E-state index is 7.02. The van der Waals surface area contributed by atoms with Gasteiger partial charge in [-0.3, -0.25) is 15.1 Å². The van der Waals surface area contributed by atoms with E-state index in [1.54, 1.807) is 26.2 Å². The molecule has 1 aliphatic heterocycles. The molecular formula is C14H20BN4O3. The Hall–Kier alpha value is -1.90. The van der Waals surface area contributed by atoms with Gasteiger partial charge in [-0.15, -0.1) is 6.58 Å². The first-order chi connectivity index (χ1) is 10.8. The molecule has 0 bridgehead atoms. The predicted molar refractivity (Wildman–Crippen MR) is 84.0 cm³/mol. The smallest absolute Gasteiger partial charge is 0.481 e. The van der Waals surface area contributed by atoms with Crippen LogP contribution in [0.3, 0.4) is 0 Å². The lowest BCUT2D eigenvalue weighted by molar-refractivity contribution is 0.0384. The maximum Gasteiger partial charge on any atom is 0.481 e. The summed E-state index contributed by atoms with van der Waals surface area (Å²) in [7, 11) is 1.54. The molecule has 1 aliphatic rings. The lowest BCUT2D eigenvalue weighted by Crippen LogP contribution is -2.51. The molecule has 2 N–H and O–H groups in total. The maximum atomic E-state index is 7.02. The van der Waals surface area contributed by atoms with E-state index in [-0.39, 0.29) is 12.1 Å². The fourth-order valence-electron chi connectivity index (χ4n) is 2.46. The molecule has 0 saturated carbocycles. The molecule has 2 heterocycles. The summed E-state index contributed by atoms with van der Waals surface area (Å²) in [5.74, 6) is 0.579. The van der Waals surface area contributed by atoms with Crippen molar-refractivity contribution in [2.75, 3.05) is 13.2 Å². The van der Waals surface area contributed by atoms with Crippen LogP contribution in [0.5, 0.6) is 0 Å². The monoisotopic (exact) mass is 303 g/mol. The number of hydroxylamine groups is 1. The quantitative estimate of drug-likeness (QED) is 0.179. The minimum Gasteiger partial charge on any atom is -0.540 e. The summed E-state index contributed by atoms with van der Waals surface area (Å²) < 4.78 is 10.5. The number of rotatable bonds is 9. The summed E-state index contributed by atoms with van der Waals surface area (Å²) in [6.07, 6.45) is 8.65. The SMILES string of the molecule is C=CCONC1C=C(c2ncco2)[C@@H](CC)N([B]OC=N)C1. The first kappa shape index (κ1) is 16.5. The summed E-state index contributed by atoms with van der Waals surface area (Å²) >= 11 is 0. The van der Waals surface area contributed by atoms with Crippen LogP contribution in [0, 0.1) is 5.41 Å². The van der Waals surface area contributed by atoms with Gasteiger partial charge in [0.05, 0.1) is 18.8 Å². The first-order valence-electron chi connectivity index (χ1n) is 7.13. The Morgan fingerprint density at radius 1 is 1.68 bits per heavy atom. The van der Waals surface area contributed by atoms with Gasteiger partial charge in [0.25, 0.3) is 0 Å². The lowest BCUT2D eigenvalue weighted by atomic mass is 9.90. The van der Waals surface area contributed by atoms with Crippen LogP contribution in [0.1, 0.15) is 19.2 Å². The molecule has 7 nitrogen and oxygen atoms in total. The van der Waals surface area contributed by atoms with E-state index in [2.05, 4.69) is 30.0 Å². The number of oxazole rings is 1. The highest BCUT2D eigenvalue weighted by Gasteiger charge is 2.32. The molecule has 2 atom stereocenters. The molecule has 22 heavy (non-hydrogen) atoms. The molecule has 1 aromatic heterocycles. The lowest BCUT2D eigenvalue weighted by Gasteiger charge is -2.37. The van der Waals surface area contributed by atoms with Gasteiger partial charge in [-0.2, -0.15) is 5.48 Å². The van der Waals surface area contributed by atoms with Crippen molar-refractivity contribution in [2.45, 2.75) is 25.4 Å². The molecule has 2 rings (SSSR count). The molecule has 0 aromatic carbocycles. The van der Waals surface area contributed by atoms with Crippen LogP contribution < -0.4 is 5.48 Å². The summed E-state index contributed by atoms with van der Waals surface area (Å²) in [4.78, 5) is 11.6. The van der Waals surface area contributed by atoms with Gasteiger partial charge in [0.1, 0.15) is 12.7 Å². The van der Waals surface area contributed by atoms with Crippen molar-refractivity contribution < 1.29 is 13.9 Å². The minimum absolute atomic E-state index is 0.0600. The molecule has 0 spiro atoms. The van der Waals surface area contributed by atoms with E-state index >= 15 is 0 Å². The zero-order valence-corrected chi connectivity index (χ0v) is 12.6. The van der Waals surface area contributed by atoms with Crippen molar-refractivity contribution in [1.29, 1.82) is 5.41 Å². The second-order valence-corrected chi connectivity index (χ2v) is 4.76. The van der Waals surface area contributed by atoms with Gasteiger partial charge < -0.3 is 9.07 Å². The van der Waals surface area contributed by atoms with Crippen molar-refractivity contribution in [3.05, 3.63) is 37.1 Å². The molecular weight excluding hydrogens is 283 g/mol. The Kier molecular flexibility index (Phi) is 6.38. The van der Waals surface area contributed by atoms with Gasteiger partial charge in [-0.25, -0.2) is 4.98 Å². The standard InChI is InChI=1S/C14H20BN4O3/c1-3-6-22-18-11-8-12(14-17-5-7-20-14)13(4-2)19(9-11)15-21-10-16/h3,5,7-8,10-11,13,16,18H,1,4,6,9H2,2H3/t11?,13-/m1/s1. The number of hydrogen-bond acceptors (Lipinski definition) is 7. The first-order valence-corrected chi connectivity index (χ1v) is 7.13. The second kappa shape index (κ2) is 8.52. The Morgan fingerprint density at radius 3 is 3.18 bits per heavy atom. The second-order valence-electron chi connectivity index (χ2n) is 4.76. The van der Waals surface area contributed by atoms with E-state index < -0.39 is 0 Å². The molecule has 0 saturated heterocycles. The molecule has 8 heteroatoms. The number of nitrogens with one attached hydrogen (secondary N) is 2. The molecule has 0 amide bonds. The van der Waals surface area contributed by atoms with E-state index in [9.17, 15) is 0 Å². The van der Waals surface area contributed by atoms with Crippen LogP contribution in [0.25, 0.3) is 5.57 Å². The van der Waals surface area contributed by atoms with E-state index in [1.165, 1.54) is 0 Å². The average molecular weight is 303 g/mol. The van der Waals surface area contributed by atoms with Crippen molar-refractivity contribution >= 4 is 19.6 Å². The Labute approximate surface area is 130 Å². The fraction of sp³-hybridized carbons (Fsp3) is 0.429. The van der Waals surface area contributed by atoms with E-state index in [1.807, 2.05) is 4.81 Å². The van der Waals surface area contributed by atoms with E-state index in [0.717, 1.165) is 18.4 Å². The van der Waals surface area contributed by atoms with Gasteiger partial charge in [0.15, 0.2) is 0 Å². The van der Waals surface area contributed by atoms with Crippen molar-refractivity contribution in [2.24, 2.45) is 0 Å². The van der Waals surface area contributed by atoms with Crippen LogP contribution in [0.15, 0.2) is 35.6 Å². The van der Waals surface area contributed by atoms with Crippen LogP contribution >= 0.6 is 0 Å². The number of hydrogen-bond donors (Lipinski definition) is 2. The zero-order valence-electron chi connectivity index (χ0n) is 12.6. The topological polar surface area (TPSA) is 83.6 Å². The van der Waals surface area contributed by atoms with E-state index in [0.29, 0.717) is 19.0 Å². The Balaban J connectivity index is 2.19. The van der Waals surface area contributed by atoms with Gasteiger partial charge in [-0.1, -0.05) is 19.1 Å². The third kappa shape index (κ3) is 4.06. The molecule has 0 aliphatic carbocycles. The zero-order chi connectivity index (χ0) is 15.8. The van der Waals surface area contributed by atoms with Crippen LogP contribution in [-0.2, 0) is 9.49 Å². The molecule has 117 valence electrons. The summed E-state index contributed by atoms with van der Waals surface area (Å²) in [6.45, 7) is 6.75. The van der Waals surface area contributed by atoms with Gasteiger partial charge >= 0.3 is 7.62 Å². The highest BCUT2D eigenvalue weighted by atomic mass is 16.6. The summed E-state index contributed by atoms with van der Waals surface area (Å²) in [5, 5.41) is 7.02. The normalized spacial score (nSPS) is 22.0. The highest BCUT2D eigenvalue weighted by molar-refractivity contribution is 6.26. The summed E-state index contributed by atoms with van der Waals surface area (Å²) in [6, 6.07) is 0.00582. The molecule has 0 fully saturated rings. The van der Waals surface area contributed by atoms with Gasteiger partial charge in [0.2, 0.25) is 5.89 Å². The number of aromatic nitrogens is 1. The van der Waals surface area contributed by atoms with Crippen molar-refractivity contribution in [1.82, 2.24) is 15.3 Å². The van der Waals surface area contributed by atoms with E-state index in [4.69, 9.17) is 19.3 Å². The number of nitrogens with zero attached hydrogens (tertiary/aromatic N) is 2. The molecule has 1 unspecified atom stereocenters. The Morgan fingerprint density at radius 2 is 2.55 bits per heavy atom. The Bertz CT molecular complexity index is 506. The fourth-order valence-corrected chi connectivity index (χ4v) is 2.46. The van der Waals surface area contributed by atoms with Crippen molar-refractivity contribution in [3.8, 4) is 0 Å². The average Bonchev–Trinajstić information content (AvgIpc) is 3.07. The molecule has 1 aromatic rings. The third-order valence-corrected chi connectivity index (χ3v) is 3.31. The van der Waals surface area contributed by atoms with Crippen LogP contribution in [-0.4, -0.2) is 49.0 Å².